The third-order valence-corrected chi connectivity index (χ3v) is 9.63. The lowest BCUT2D eigenvalue weighted by Gasteiger charge is -2.31. The van der Waals surface area contributed by atoms with E-state index in [9.17, 15) is 13.9 Å². The number of rotatable bonds is 6. The molecule has 0 unspecified atom stereocenters. The molecule has 3 aliphatic rings. The summed E-state index contributed by atoms with van der Waals surface area (Å²) in [5.41, 5.74) is 1.42. The van der Waals surface area contributed by atoms with Gasteiger partial charge in [0.25, 0.3) is 0 Å². The second-order valence-corrected chi connectivity index (χ2v) is 12.4. The minimum Gasteiger partial charge on any atom is -0.508 e. The highest BCUT2D eigenvalue weighted by molar-refractivity contribution is 6.01. The molecule has 10 heteroatoms. The van der Waals surface area contributed by atoms with Crippen molar-refractivity contribution in [1.82, 2.24) is 19.9 Å². The molecular weight excluding hydrogens is 567 g/mol. The number of alkyl halides is 1. The summed E-state index contributed by atoms with van der Waals surface area (Å²) in [7, 11) is 0. The highest BCUT2D eigenvalue weighted by Gasteiger charge is 2.49. The summed E-state index contributed by atoms with van der Waals surface area (Å²) in [6.07, 6.45) is 5.78. The molecule has 0 radical (unpaired) electrons. The third kappa shape index (κ3) is 4.93. The van der Waals surface area contributed by atoms with Crippen molar-refractivity contribution in [3.8, 4) is 23.0 Å². The molecule has 1 N–H and O–H groups in total. The summed E-state index contributed by atoms with van der Waals surface area (Å²) >= 11 is 0. The zero-order valence-electron chi connectivity index (χ0n) is 24.9. The molecule has 3 aliphatic heterocycles. The Bertz CT molecular complexity index is 1780. The number of phenolic OH excluding ortho intramolecular Hbond substituents is 1. The fourth-order valence-electron chi connectivity index (χ4n) is 7.46. The van der Waals surface area contributed by atoms with Gasteiger partial charge >= 0.3 is 6.01 Å². The van der Waals surface area contributed by atoms with Crippen LogP contribution in [-0.4, -0.2) is 69.5 Å². The first-order valence-corrected chi connectivity index (χ1v) is 15.5. The van der Waals surface area contributed by atoms with Crippen LogP contribution in [0.25, 0.3) is 32.9 Å². The van der Waals surface area contributed by atoms with Gasteiger partial charge in [-0.15, -0.1) is 0 Å². The second kappa shape index (κ2) is 11.2. The van der Waals surface area contributed by atoms with Crippen LogP contribution in [0.3, 0.4) is 0 Å². The van der Waals surface area contributed by atoms with Crippen molar-refractivity contribution >= 4 is 27.5 Å². The minimum atomic E-state index is -0.904. The fourth-order valence-corrected chi connectivity index (χ4v) is 7.46. The van der Waals surface area contributed by atoms with E-state index in [1.54, 1.807) is 12.3 Å². The van der Waals surface area contributed by atoms with Gasteiger partial charge in [0.05, 0.1) is 10.9 Å². The molecule has 0 bridgehead atoms. The van der Waals surface area contributed by atoms with E-state index >= 15 is 4.39 Å². The molecule has 3 saturated heterocycles. The zero-order chi connectivity index (χ0) is 30.6. The van der Waals surface area contributed by atoms with E-state index in [-0.39, 0.29) is 35.1 Å². The molecule has 44 heavy (non-hydrogen) atoms. The molecule has 7 nitrogen and oxygen atoms in total. The molecular formula is C34H36F3N5O2. The van der Waals surface area contributed by atoms with Crippen molar-refractivity contribution in [3.63, 3.8) is 0 Å². The summed E-state index contributed by atoms with van der Waals surface area (Å²) in [6, 6.07) is 5.90. The van der Waals surface area contributed by atoms with Crippen molar-refractivity contribution in [2.24, 2.45) is 0 Å². The van der Waals surface area contributed by atoms with Crippen molar-refractivity contribution in [2.45, 2.75) is 63.6 Å². The Morgan fingerprint density at radius 2 is 1.98 bits per heavy atom. The Morgan fingerprint density at radius 3 is 2.82 bits per heavy atom. The Morgan fingerprint density at radius 1 is 1.11 bits per heavy atom. The molecule has 0 spiro atoms. The third-order valence-electron chi connectivity index (χ3n) is 9.63. The molecule has 5 heterocycles. The van der Waals surface area contributed by atoms with Crippen molar-refractivity contribution < 1.29 is 23.0 Å². The van der Waals surface area contributed by atoms with Crippen LogP contribution in [0, 0.1) is 11.6 Å². The SMILES string of the molecule is C=C1CCCN(c2nc(OC[C@@]34CCCN3C[C@H](F)C4)nc3c(F)c(-c4cc(O)cc5ccc(F)c(CC)c45)ncc23)CC1. The number of fused-ring (bicyclic) bond motifs is 3. The van der Waals surface area contributed by atoms with Crippen LogP contribution in [0.2, 0.25) is 0 Å². The maximum absolute atomic E-state index is 16.8. The molecule has 0 aliphatic carbocycles. The number of hydrogen-bond donors (Lipinski definition) is 1. The smallest absolute Gasteiger partial charge is 0.319 e. The summed E-state index contributed by atoms with van der Waals surface area (Å²) < 4.78 is 52.3. The lowest BCUT2D eigenvalue weighted by molar-refractivity contribution is 0.107. The number of pyridine rings is 1. The number of phenols is 1. The molecule has 2 aromatic heterocycles. The number of aromatic hydroxyl groups is 1. The van der Waals surface area contributed by atoms with Gasteiger partial charge in [-0.1, -0.05) is 25.1 Å². The van der Waals surface area contributed by atoms with Crippen LogP contribution in [0.15, 0.2) is 42.6 Å². The Balaban J connectivity index is 1.37. The number of benzene rings is 2. The monoisotopic (exact) mass is 603 g/mol. The van der Waals surface area contributed by atoms with Gasteiger partial charge in [0, 0.05) is 37.8 Å². The standard InChI is InChI=1S/C34H36F3N5O2/c1-3-24-27(36)8-7-21-14-23(43)15-25(28(21)24)30-29(37)31-26(17-38-30)32(41-11-4-6-20(2)9-13-41)40-33(39-31)44-19-34-10-5-12-42(34)18-22(35)16-34/h7-8,14-15,17,22,43H,2-6,9-13,16,18-19H2,1H3/t22-,34+/m1/s1. The first kappa shape index (κ1) is 28.8. The van der Waals surface area contributed by atoms with E-state index in [0.29, 0.717) is 60.0 Å². The number of hydrogen-bond acceptors (Lipinski definition) is 7. The number of ether oxygens (including phenoxy) is 1. The van der Waals surface area contributed by atoms with Crippen molar-refractivity contribution in [2.75, 3.05) is 37.7 Å². The van der Waals surface area contributed by atoms with E-state index < -0.39 is 23.3 Å². The van der Waals surface area contributed by atoms with Gasteiger partial charge in [-0.05, 0) is 79.6 Å². The quantitative estimate of drug-likeness (QED) is 0.241. The maximum atomic E-state index is 16.8. The van der Waals surface area contributed by atoms with Gasteiger partial charge < -0.3 is 14.7 Å². The highest BCUT2D eigenvalue weighted by Crippen LogP contribution is 2.42. The van der Waals surface area contributed by atoms with Crippen LogP contribution in [0.4, 0.5) is 19.0 Å². The predicted octanol–water partition coefficient (Wildman–Crippen LogP) is 6.89. The Kier molecular flexibility index (Phi) is 7.35. The minimum absolute atomic E-state index is 0.0243. The molecule has 4 aromatic rings. The maximum Gasteiger partial charge on any atom is 0.319 e. The lowest BCUT2D eigenvalue weighted by atomic mass is 9.94. The molecule has 0 amide bonds. The lowest BCUT2D eigenvalue weighted by Crippen LogP contribution is -2.43. The van der Waals surface area contributed by atoms with E-state index in [1.165, 1.54) is 18.2 Å². The first-order chi connectivity index (χ1) is 21.3. The molecule has 230 valence electrons. The Hall–Kier alpha value is -3.92. The zero-order valence-corrected chi connectivity index (χ0v) is 24.9. The normalized spacial score (nSPS) is 22.6. The van der Waals surface area contributed by atoms with Crippen molar-refractivity contribution in [3.05, 3.63) is 59.8 Å². The summed E-state index contributed by atoms with van der Waals surface area (Å²) in [5.74, 6) is -0.672. The number of halogens is 3. The van der Waals surface area contributed by atoms with Crippen LogP contribution in [0.5, 0.6) is 11.8 Å². The van der Waals surface area contributed by atoms with E-state index in [4.69, 9.17) is 9.72 Å². The van der Waals surface area contributed by atoms with Crippen molar-refractivity contribution in [1.29, 1.82) is 0 Å². The molecule has 2 atom stereocenters. The molecule has 0 saturated carbocycles. The van der Waals surface area contributed by atoms with Crippen LogP contribution in [-0.2, 0) is 6.42 Å². The van der Waals surface area contributed by atoms with Gasteiger partial charge in [-0.25, -0.2) is 13.2 Å². The van der Waals surface area contributed by atoms with Gasteiger partial charge in [0.2, 0.25) is 0 Å². The fraction of sp³-hybridized carbons (Fsp3) is 0.441. The molecule has 7 rings (SSSR count). The topological polar surface area (TPSA) is 74.6 Å². The number of aromatic nitrogens is 3. The van der Waals surface area contributed by atoms with E-state index in [2.05, 4.69) is 26.3 Å². The van der Waals surface area contributed by atoms with Gasteiger partial charge in [0.15, 0.2) is 5.82 Å². The highest BCUT2D eigenvalue weighted by atomic mass is 19.1. The summed E-state index contributed by atoms with van der Waals surface area (Å²) in [4.78, 5) is 18.1. The number of nitrogens with zero attached hydrogens (tertiary/aromatic N) is 5. The molecule has 3 fully saturated rings. The van der Waals surface area contributed by atoms with E-state index in [1.807, 2.05) is 6.92 Å². The van der Waals surface area contributed by atoms with Gasteiger partial charge in [0.1, 0.15) is 41.4 Å². The number of anilines is 1. The number of aryl methyl sites for hydroxylation is 1. The van der Waals surface area contributed by atoms with Gasteiger partial charge in [-0.3, -0.25) is 9.88 Å². The summed E-state index contributed by atoms with van der Waals surface area (Å²) in [6.45, 7) is 8.79. The largest absolute Gasteiger partial charge is 0.508 e. The second-order valence-electron chi connectivity index (χ2n) is 12.4. The average Bonchev–Trinajstić information content (AvgIpc) is 3.44. The van der Waals surface area contributed by atoms with Gasteiger partial charge in [-0.2, -0.15) is 9.97 Å². The molecule has 2 aromatic carbocycles. The van der Waals surface area contributed by atoms with Crippen LogP contribution < -0.4 is 9.64 Å². The predicted molar refractivity (Wildman–Crippen MR) is 165 cm³/mol. The summed E-state index contributed by atoms with van der Waals surface area (Å²) in [5, 5.41) is 12.1. The average molecular weight is 604 g/mol. The first-order valence-electron chi connectivity index (χ1n) is 15.5. The van der Waals surface area contributed by atoms with Crippen LogP contribution >= 0.6 is 0 Å². The van der Waals surface area contributed by atoms with Crippen LogP contribution in [0.1, 0.15) is 51.0 Å². The van der Waals surface area contributed by atoms with E-state index in [0.717, 1.165) is 44.2 Å². The Labute approximate surface area is 254 Å².